The van der Waals surface area contributed by atoms with Crippen LogP contribution in [0.5, 0.6) is 0 Å². The lowest BCUT2D eigenvalue weighted by Gasteiger charge is -1.93. The van der Waals surface area contributed by atoms with Crippen LogP contribution in [0, 0.1) is 0 Å². The highest BCUT2D eigenvalue weighted by Gasteiger charge is 1.82. The molecule has 5 heavy (non-hydrogen) atoms. The minimum atomic E-state index is -0.872. The van der Waals surface area contributed by atoms with Gasteiger partial charge in [-0.25, -0.2) is 0 Å². The van der Waals surface area contributed by atoms with Crippen molar-refractivity contribution in [2.24, 2.45) is 0 Å². The smallest absolute Gasteiger partial charge is 0.263 e. The molecule has 1 nitrogen and oxygen atoms in total. The molecular formula is C2H7BOSi. The van der Waals surface area contributed by atoms with E-state index in [2.05, 4.69) is 4.34 Å². The lowest BCUT2D eigenvalue weighted by Crippen LogP contribution is -2.02. The third kappa shape index (κ3) is 4.24. The molecular weight excluding hydrogens is 78.9 g/mol. The minimum absolute atomic E-state index is 0.872. The molecule has 0 amide bonds. The van der Waals surface area contributed by atoms with E-state index < -0.39 is 9.04 Å². The average Bonchev–Trinajstić information content (AvgIpc) is 1.38. The fourth-order valence-corrected chi connectivity index (χ4v) is 0. The van der Waals surface area contributed by atoms with Gasteiger partial charge in [0.05, 0.1) is 0 Å². The van der Waals surface area contributed by atoms with Gasteiger partial charge in [-0.2, -0.15) is 0 Å². The van der Waals surface area contributed by atoms with Crippen molar-refractivity contribution in [2.75, 3.05) is 0 Å². The number of hydrogen-bond donors (Lipinski definition) is 0. The molecule has 0 N–H and O–H groups in total. The molecule has 0 aliphatic rings. The number of rotatable bonds is 1. The normalized spacial score (nSPS) is 9.40. The summed E-state index contributed by atoms with van der Waals surface area (Å²) in [7, 11) is 3.86. The van der Waals surface area contributed by atoms with Gasteiger partial charge in [-0.15, -0.1) is 0 Å². The second-order valence-electron chi connectivity index (χ2n) is 1.18. The molecule has 2 radical (unpaired) electrons. The second kappa shape index (κ2) is 2.48. The Kier molecular flexibility index (Phi) is 2.60. The third-order valence-corrected chi connectivity index (χ3v) is 0.816. The summed E-state index contributed by atoms with van der Waals surface area (Å²) in [5, 5.41) is 0. The van der Waals surface area contributed by atoms with Gasteiger partial charge in [-0.05, 0) is 13.1 Å². The van der Waals surface area contributed by atoms with Gasteiger partial charge in [0.25, 0.3) is 8.05 Å². The summed E-state index contributed by atoms with van der Waals surface area (Å²) < 4.78 is 4.39. The van der Waals surface area contributed by atoms with Crippen molar-refractivity contribution in [1.29, 1.82) is 0 Å². The summed E-state index contributed by atoms with van der Waals surface area (Å²) in [5.41, 5.74) is 0. The monoisotopic (exact) mass is 86.0 g/mol. The van der Waals surface area contributed by atoms with Crippen LogP contribution >= 0.6 is 0 Å². The molecule has 0 heterocycles. The Morgan fingerprint density at radius 1 is 1.60 bits per heavy atom. The molecule has 0 aromatic carbocycles. The molecule has 0 aliphatic carbocycles. The van der Waals surface area contributed by atoms with Gasteiger partial charge in [-0.1, -0.05) is 0 Å². The predicted octanol–water partition coefficient (Wildman–Crippen LogP) is 0.0699. The van der Waals surface area contributed by atoms with Crippen LogP contribution in [0.25, 0.3) is 0 Å². The molecule has 0 rings (SSSR count). The van der Waals surface area contributed by atoms with Crippen molar-refractivity contribution in [3.8, 4) is 0 Å². The van der Waals surface area contributed by atoms with E-state index in [0.29, 0.717) is 0 Å². The molecule has 0 bridgehead atoms. The van der Waals surface area contributed by atoms with Crippen LogP contribution in [0.1, 0.15) is 0 Å². The molecule has 3 heteroatoms. The summed E-state index contributed by atoms with van der Waals surface area (Å²) in [6.45, 7) is 4.03. The Morgan fingerprint density at radius 3 is 1.80 bits per heavy atom. The second-order valence-corrected chi connectivity index (χ2v) is 3.55. The zero-order valence-electron chi connectivity index (χ0n) is 3.56. The molecule has 0 spiro atoms. The van der Waals surface area contributed by atoms with Gasteiger partial charge in [-0.3, -0.25) is 0 Å². The summed E-state index contributed by atoms with van der Waals surface area (Å²) >= 11 is 0. The highest BCUT2D eigenvalue weighted by Crippen LogP contribution is 1.72. The zero-order valence-corrected chi connectivity index (χ0v) is 4.72. The van der Waals surface area contributed by atoms with Gasteiger partial charge in [0, 0.05) is 0 Å². The quantitative estimate of drug-likeness (QED) is 0.410. The van der Waals surface area contributed by atoms with Gasteiger partial charge >= 0.3 is 0 Å². The lowest BCUT2D eigenvalue weighted by atomic mass is 10.6. The van der Waals surface area contributed by atoms with E-state index in [1.807, 2.05) is 13.1 Å². The maximum absolute atomic E-state index is 4.73. The largest absolute Gasteiger partial charge is 0.487 e. The maximum Gasteiger partial charge on any atom is 0.263 e. The first kappa shape index (κ1) is 5.24. The first-order valence-electron chi connectivity index (χ1n) is 1.63. The molecule has 0 aromatic rings. The van der Waals surface area contributed by atoms with Crippen LogP contribution in [-0.4, -0.2) is 17.1 Å². The summed E-state index contributed by atoms with van der Waals surface area (Å²) in [6, 6.07) is 0. The molecule has 0 atom stereocenters. The van der Waals surface area contributed by atoms with Crippen molar-refractivity contribution in [1.82, 2.24) is 0 Å². The number of hydrogen-bond acceptors (Lipinski definition) is 1. The van der Waals surface area contributed by atoms with Crippen molar-refractivity contribution in [3.05, 3.63) is 0 Å². The summed E-state index contributed by atoms with van der Waals surface area (Å²) in [6.07, 6.45) is 0. The molecule has 0 saturated carbocycles. The fraction of sp³-hybridized carbons (Fsp3) is 1.00. The van der Waals surface area contributed by atoms with Gasteiger partial charge in [0.1, 0.15) is 0 Å². The van der Waals surface area contributed by atoms with Crippen molar-refractivity contribution in [3.63, 3.8) is 0 Å². The maximum atomic E-state index is 4.73. The summed E-state index contributed by atoms with van der Waals surface area (Å²) in [4.78, 5) is 0. The standard InChI is InChI=1S/C2H7BOSi/c1-5(2)4-3/h5H,1-2H3. The van der Waals surface area contributed by atoms with Gasteiger partial charge < -0.3 is 4.34 Å². The van der Waals surface area contributed by atoms with Crippen molar-refractivity contribution >= 4 is 17.1 Å². The van der Waals surface area contributed by atoms with E-state index in [-0.39, 0.29) is 0 Å². The molecule has 0 aliphatic heterocycles. The van der Waals surface area contributed by atoms with E-state index in [0.717, 1.165) is 0 Å². The lowest BCUT2D eigenvalue weighted by molar-refractivity contribution is 0.647. The Bertz CT molecular complexity index is 23.6. The molecule has 0 aromatic heterocycles. The first-order chi connectivity index (χ1) is 2.27. The molecule has 0 unspecified atom stereocenters. The Morgan fingerprint density at radius 2 is 1.80 bits per heavy atom. The minimum Gasteiger partial charge on any atom is -0.487 e. The predicted molar refractivity (Wildman–Crippen MR) is 25.7 cm³/mol. The Hall–Kier alpha value is 0.242. The Labute approximate surface area is 35.5 Å². The molecule has 0 saturated heterocycles. The molecule has 28 valence electrons. The first-order valence-corrected chi connectivity index (χ1v) is 4.41. The van der Waals surface area contributed by atoms with Crippen LogP contribution in [0.3, 0.4) is 0 Å². The highest BCUT2D eigenvalue weighted by molar-refractivity contribution is 6.52. The topological polar surface area (TPSA) is 9.23 Å². The van der Waals surface area contributed by atoms with Crippen molar-refractivity contribution < 1.29 is 4.34 Å². The van der Waals surface area contributed by atoms with Gasteiger partial charge in [0.15, 0.2) is 9.04 Å². The van der Waals surface area contributed by atoms with Crippen molar-refractivity contribution in [2.45, 2.75) is 13.1 Å². The zero-order chi connectivity index (χ0) is 4.28. The van der Waals surface area contributed by atoms with Crippen LogP contribution in [0.4, 0.5) is 0 Å². The fourth-order valence-electron chi connectivity index (χ4n) is 0. The molecule has 0 fully saturated rings. The van der Waals surface area contributed by atoms with E-state index in [9.17, 15) is 0 Å². The van der Waals surface area contributed by atoms with E-state index in [1.54, 1.807) is 0 Å². The van der Waals surface area contributed by atoms with Crippen LogP contribution < -0.4 is 0 Å². The van der Waals surface area contributed by atoms with E-state index >= 15 is 0 Å². The highest BCUT2D eigenvalue weighted by atomic mass is 28.3. The van der Waals surface area contributed by atoms with Crippen LogP contribution in [0.15, 0.2) is 0 Å². The average molecular weight is 86.0 g/mol. The Balaban J connectivity index is 2.54. The van der Waals surface area contributed by atoms with E-state index in [4.69, 9.17) is 8.05 Å². The van der Waals surface area contributed by atoms with Crippen LogP contribution in [0.2, 0.25) is 13.1 Å². The van der Waals surface area contributed by atoms with Gasteiger partial charge in [0.2, 0.25) is 0 Å². The third-order valence-electron chi connectivity index (χ3n) is 0.272. The van der Waals surface area contributed by atoms with E-state index in [1.165, 1.54) is 0 Å². The van der Waals surface area contributed by atoms with Crippen LogP contribution in [-0.2, 0) is 4.34 Å². The SMILES string of the molecule is [B]O[SiH](C)C. The summed E-state index contributed by atoms with van der Waals surface area (Å²) in [5.74, 6) is 0.